The predicted octanol–water partition coefficient (Wildman–Crippen LogP) is 7.92. The third-order valence-corrected chi connectivity index (χ3v) is 13.2. The molecule has 14 heteroatoms. The monoisotopic (exact) mass is 883 g/mol. The van der Waals surface area contributed by atoms with Crippen molar-refractivity contribution in [1.82, 2.24) is 15.2 Å². The normalized spacial score (nSPS) is 17.6. The number of alkyl halides is 1. The molecular weight excluding hydrogens is 842 g/mol. The fourth-order valence-corrected chi connectivity index (χ4v) is 10.4. The van der Waals surface area contributed by atoms with E-state index < -0.39 is 57.7 Å². The van der Waals surface area contributed by atoms with E-state index in [1.807, 2.05) is 152 Å². The summed E-state index contributed by atoms with van der Waals surface area (Å²) < 4.78 is 19.9. The highest BCUT2D eigenvalue weighted by Gasteiger charge is 2.57. The van der Waals surface area contributed by atoms with Gasteiger partial charge in [-0.3, -0.25) is 18.7 Å². The third kappa shape index (κ3) is 8.43. The summed E-state index contributed by atoms with van der Waals surface area (Å²) in [5, 5.41) is 11.8. The van der Waals surface area contributed by atoms with Crippen LogP contribution in [0.1, 0.15) is 53.5 Å². The van der Waals surface area contributed by atoms with E-state index >= 15 is 0 Å². The number of hydrogen-bond donors (Lipinski definition) is 2. The maximum Gasteiger partial charge on any atom is 0.356 e. The van der Waals surface area contributed by atoms with E-state index in [4.69, 9.17) is 26.2 Å². The van der Waals surface area contributed by atoms with Gasteiger partial charge in [0, 0.05) is 11.3 Å². The number of benzene rings is 5. The minimum Gasteiger partial charge on any atom is -0.448 e. The lowest BCUT2D eigenvalue weighted by atomic mass is 9.77. The Labute approximate surface area is 370 Å². The summed E-state index contributed by atoms with van der Waals surface area (Å²) in [6, 6.07) is 47.3. The zero-order valence-corrected chi connectivity index (χ0v) is 36.1. The number of hydrogen-bond acceptors (Lipinski definition) is 10. The van der Waals surface area contributed by atoms with Crippen LogP contribution < -0.4 is 10.6 Å². The van der Waals surface area contributed by atoms with Crippen LogP contribution in [0.2, 0.25) is 0 Å². The predicted molar refractivity (Wildman–Crippen MR) is 242 cm³/mol. The van der Waals surface area contributed by atoms with Gasteiger partial charge in [-0.1, -0.05) is 157 Å². The first-order valence-corrected chi connectivity index (χ1v) is 22.7. The molecule has 0 aliphatic carbocycles. The molecule has 1 saturated heterocycles. The number of β-lactam (4-membered cyclic amide) rings is 1. The maximum atomic E-state index is 14.3. The van der Waals surface area contributed by atoms with Crippen LogP contribution in [-0.2, 0) is 40.3 Å². The molecule has 5 aromatic carbocycles. The van der Waals surface area contributed by atoms with Crippen molar-refractivity contribution in [3.63, 3.8) is 0 Å². The van der Waals surface area contributed by atoms with Gasteiger partial charge in [0.15, 0.2) is 16.9 Å². The fourth-order valence-electron chi connectivity index (χ4n) is 7.64. The van der Waals surface area contributed by atoms with Crippen LogP contribution in [0.5, 0.6) is 0 Å². The number of oxime groups is 1. The van der Waals surface area contributed by atoms with Gasteiger partial charge in [0.1, 0.15) is 34.4 Å². The average molecular weight is 884 g/mol. The minimum atomic E-state index is -1.73. The zero-order valence-electron chi connectivity index (χ0n) is 33.7. The highest BCUT2D eigenvalue weighted by atomic mass is 35.5. The number of halogens is 1. The topological polar surface area (TPSA) is 139 Å². The summed E-state index contributed by atoms with van der Waals surface area (Å²) in [5.74, 6) is -2.48. The number of carbonyl (C=O) groups is 3. The summed E-state index contributed by atoms with van der Waals surface area (Å²) in [6.07, 6.45) is -1.20. The molecule has 314 valence electrons. The summed E-state index contributed by atoms with van der Waals surface area (Å²) >= 11 is 7.60. The van der Waals surface area contributed by atoms with Crippen LogP contribution in [0.15, 0.2) is 173 Å². The zero-order chi connectivity index (χ0) is 43.2. The number of ether oxygens (including phenoxy) is 1. The second-order valence-corrected chi connectivity index (χ2v) is 17.5. The number of esters is 1. The number of fused-ring (bicyclic) bond motifs is 1. The number of thiazole rings is 1. The molecule has 0 spiro atoms. The molecular formula is C48H42ClN5O6S2. The van der Waals surface area contributed by atoms with Crippen LogP contribution >= 0.6 is 22.9 Å². The molecule has 6 aromatic rings. The van der Waals surface area contributed by atoms with E-state index in [-0.39, 0.29) is 28.7 Å². The van der Waals surface area contributed by atoms with Gasteiger partial charge < -0.3 is 20.2 Å². The average Bonchev–Trinajstić information content (AvgIpc) is 3.77. The molecule has 0 radical (unpaired) electrons. The van der Waals surface area contributed by atoms with Crippen LogP contribution in [-0.4, -0.2) is 66.7 Å². The van der Waals surface area contributed by atoms with Gasteiger partial charge in [-0.05, 0) is 47.2 Å². The van der Waals surface area contributed by atoms with Gasteiger partial charge in [-0.25, -0.2) is 9.78 Å². The maximum absolute atomic E-state index is 14.3. The molecule has 2 N–H and O–H groups in total. The smallest absolute Gasteiger partial charge is 0.356 e. The number of nitrogens with one attached hydrogen (secondary N) is 2. The Balaban J connectivity index is 1.07. The van der Waals surface area contributed by atoms with Gasteiger partial charge in [0.25, 0.3) is 11.8 Å². The molecule has 3 heterocycles. The van der Waals surface area contributed by atoms with Gasteiger partial charge in [-0.15, -0.1) is 22.9 Å². The Kier molecular flexibility index (Phi) is 12.7. The van der Waals surface area contributed by atoms with Gasteiger partial charge in [0.05, 0.1) is 16.6 Å². The molecule has 62 heavy (non-hydrogen) atoms. The first kappa shape index (κ1) is 42.3. The molecule has 1 fully saturated rings. The Bertz CT molecular complexity index is 2490. The Morgan fingerprint density at radius 1 is 0.839 bits per heavy atom. The number of anilines is 1. The van der Waals surface area contributed by atoms with E-state index in [2.05, 4.69) is 15.8 Å². The van der Waals surface area contributed by atoms with Crippen LogP contribution in [0.3, 0.4) is 0 Å². The largest absolute Gasteiger partial charge is 0.448 e. The Morgan fingerprint density at radius 2 is 1.34 bits per heavy atom. The standard InChI is InChI=1S/C48H42ClN5O6S2/c1-31(2)60-53-39(38-29-61-47(50-38)52-48(35-22-12-5-13-23-35,36-24-14-6-15-25-36)37-26-16-7-17-27-37)43(55)51-40-44(56)54-41(34(28-49)30-62(58)45(40)54)46(57)59-42(32-18-8-3-9-19-32)33-20-10-4-11-21-33/h3-27,29,31,40,42,45H,28,30H2,1-2H3,(H,50,52)(H,51,55)/b53-39+/t40?,45-,62?/m1/s1. The van der Waals surface area contributed by atoms with E-state index in [0.717, 1.165) is 32.7 Å². The second kappa shape index (κ2) is 18.7. The van der Waals surface area contributed by atoms with Crippen molar-refractivity contribution in [3.8, 4) is 0 Å². The van der Waals surface area contributed by atoms with Crippen molar-refractivity contribution in [3.05, 3.63) is 202 Å². The SMILES string of the molecule is CC(C)O/N=C(/C(=O)NC1C(=O)N2C(C(=O)OC(c3ccccc3)c3ccccc3)=C(CCl)CS(=O)[C@H]12)c1csc(NC(c2ccccc2)(c2ccccc2)c2ccccc2)n1. The van der Waals surface area contributed by atoms with Crippen LogP contribution in [0, 0.1) is 0 Å². The lowest BCUT2D eigenvalue weighted by molar-refractivity contribution is -0.154. The molecule has 11 nitrogen and oxygen atoms in total. The van der Waals surface area contributed by atoms with Crippen molar-refractivity contribution < 1.29 is 28.2 Å². The first-order valence-electron chi connectivity index (χ1n) is 19.9. The number of aromatic nitrogens is 1. The van der Waals surface area contributed by atoms with Crippen molar-refractivity contribution in [2.75, 3.05) is 16.9 Å². The summed E-state index contributed by atoms with van der Waals surface area (Å²) in [5.41, 5.74) is 3.65. The first-order chi connectivity index (χ1) is 30.2. The van der Waals surface area contributed by atoms with Crippen molar-refractivity contribution in [2.24, 2.45) is 5.16 Å². The third-order valence-electron chi connectivity index (χ3n) is 10.5. The lowest BCUT2D eigenvalue weighted by Gasteiger charge is -2.49. The van der Waals surface area contributed by atoms with Gasteiger partial charge in [-0.2, -0.15) is 0 Å². The van der Waals surface area contributed by atoms with Crippen molar-refractivity contribution >= 4 is 62.4 Å². The Morgan fingerprint density at radius 3 is 1.82 bits per heavy atom. The molecule has 1 aromatic heterocycles. The van der Waals surface area contributed by atoms with E-state index in [0.29, 0.717) is 10.7 Å². The second-order valence-electron chi connectivity index (χ2n) is 14.9. The quantitative estimate of drug-likeness (QED) is 0.0265. The van der Waals surface area contributed by atoms with Crippen LogP contribution in [0.25, 0.3) is 0 Å². The minimum absolute atomic E-state index is 0.0806. The molecule has 3 atom stereocenters. The molecule has 8 rings (SSSR count). The summed E-state index contributed by atoms with van der Waals surface area (Å²) in [7, 11) is -1.73. The summed E-state index contributed by atoms with van der Waals surface area (Å²) in [6.45, 7) is 3.53. The van der Waals surface area contributed by atoms with E-state index in [1.165, 1.54) is 11.3 Å². The van der Waals surface area contributed by atoms with E-state index in [9.17, 15) is 18.6 Å². The van der Waals surface area contributed by atoms with E-state index in [1.54, 1.807) is 19.2 Å². The molecule has 2 amide bonds. The van der Waals surface area contributed by atoms with Crippen LogP contribution in [0.4, 0.5) is 5.13 Å². The Hall–Kier alpha value is -6.41. The molecule has 0 bridgehead atoms. The number of amides is 2. The number of rotatable bonds is 15. The fraction of sp³-hybridized carbons (Fsp3) is 0.188. The highest BCUT2D eigenvalue weighted by Crippen LogP contribution is 2.41. The highest BCUT2D eigenvalue weighted by molar-refractivity contribution is 7.86. The molecule has 2 aliphatic rings. The van der Waals surface area contributed by atoms with Gasteiger partial charge >= 0.3 is 5.97 Å². The molecule has 0 saturated carbocycles. The van der Waals surface area contributed by atoms with Gasteiger partial charge in [0.2, 0.25) is 0 Å². The lowest BCUT2D eigenvalue weighted by Crippen LogP contribution is -2.74. The molecule has 2 aliphatic heterocycles. The number of carbonyl (C=O) groups excluding carboxylic acids is 3. The van der Waals surface area contributed by atoms with Crippen molar-refractivity contribution in [2.45, 2.75) is 43.0 Å². The molecule has 2 unspecified atom stereocenters. The summed E-state index contributed by atoms with van der Waals surface area (Å²) in [4.78, 5) is 54.1. The van der Waals surface area contributed by atoms with Crippen molar-refractivity contribution in [1.29, 1.82) is 0 Å². The number of nitrogens with zero attached hydrogens (tertiary/aromatic N) is 3.